The third-order valence-electron chi connectivity index (χ3n) is 4.71. The molecule has 0 atom stereocenters. The van der Waals surface area contributed by atoms with Crippen molar-refractivity contribution >= 4 is 40.4 Å². The molecule has 0 radical (unpaired) electrons. The lowest BCUT2D eigenvalue weighted by molar-refractivity contribution is -0.116. The third kappa shape index (κ3) is 5.85. The van der Waals surface area contributed by atoms with Gasteiger partial charge in [0.25, 0.3) is 11.8 Å². The molecule has 0 spiro atoms. The van der Waals surface area contributed by atoms with Crippen molar-refractivity contribution < 1.29 is 24.3 Å². The van der Waals surface area contributed by atoms with Crippen LogP contribution in [0.2, 0.25) is 0 Å². The lowest BCUT2D eigenvalue weighted by Crippen LogP contribution is -2.30. The molecule has 12 heteroatoms. The van der Waals surface area contributed by atoms with Gasteiger partial charge in [-0.3, -0.25) is 30.0 Å². The molecule has 3 N–H and O–H groups in total. The van der Waals surface area contributed by atoms with Gasteiger partial charge in [-0.2, -0.15) is 0 Å². The van der Waals surface area contributed by atoms with E-state index in [0.29, 0.717) is 27.7 Å². The van der Waals surface area contributed by atoms with Gasteiger partial charge < -0.3 is 15.0 Å². The Morgan fingerprint density at radius 1 is 1.18 bits per heavy atom. The van der Waals surface area contributed by atoms with E-state index in [1.54, 1.807) is 43.4 Å². The van der Waals surface area contributed by atoms with E-state index in [9.17, 15) is 14.4 Å². The highest BCUT2D eigenvalue weighted by molar-refractivity contribution is 7.18. The van der Waals surface area contributed by atoms with Gasteiger partial charge in [-0.1, -0.05) is 6.07 Å². The smallest absolute Gasteiger partial charge is 0.263 e. The third-order valence-corrected chi connectivity index (χ3v) is 6.02. The molecule has 0 unspecified atom stereocenters. The second-order valence-electron chi connectivity index (χ2n) is 7.31. The molecule has 0 saturated carbocycles. The fourth-order valence-corrected chi connectivity index (χ4v) is 4.00. The Balaban J connectivity index is 1.77. The van der Waals surface area contributed by atoms with Crippen molar-refractivity contribution in [1.82, 2.24) is 20.2 Å². The van der Waals surface area contributed by atoms with Gasteiger partial charge in [0.05, 0.1) is 24.1 Å². The summed E-state index contributed by atoms with van der Waals surface area (Å²) >= 11 is 1.15. The van der Waals surface area contributed by atoms with Crippen LogP contribution in [-0.4, -0.2) is 59.5 Å². The Hall–Kier alpha value is -4.03. The molecule has 0 fully saturated rings. The number of carbonyl (C=O) groups is 3. The number of thiophene rings is 1. The van der Waals surface area contributed by atoms with Crippen molar-refractivity contribution in [2.24, 2.45) is 0 Å². The summed E-state index contributed by atoms with van der Waals surface area (Å²) in [4.78, 5) is 48.7. The van der Waals surface area contributed by atoms with Crippen LogP contribution >= 0.6 is 11.3 Å². The quantitative estimate of drug-likeness (QED) is 0.292. The molecule has 3 rings (SSSR count). The van der Waals surface area contributed by atoms with Gasteiger partial charge in [-0.05, 0) is 29.3 Å². The highest BCUT2D eigenvalue weighted by atomic mass is 32.1. The van der Waals surface area contributed by atoms with Gasteiger partial charge in [0.15, 0.2) is 0 Å². The van der Waals surface area contributed by atoms with E-state index in [1.165, 1.54) is 25.4 Å². The first-order valence-corrected chi connectivity index (χ1v) is 10.9. The molecule has 3 heterocycles. The first kappa shape index (κ1) is 24.6. The van der Waals surface area contributed by atoms with E-state index >= 15 is 0 Å². The van der Waals surface area contributed by atoms with E-state index in [-0.39, 0.29) is 30.4 Å². The minimum Gasteiger partial charge on any atom is -0.481 e. The van der Waals surface area contributed by atoms with Gasteiger partial charge in [-0.15, -0.1) is 11.3 Å². The fraction of sp³-hybridized carbons (Fsp3) is 0.227. The number of ether oxygens (including phenoxy) is 1. The molecule has 0 bridgehead atoms. The Morgan fingerprint density at radius 3 is 2.59 bits per heavy atom. The maximum absolute atomic E-state index is 13.2. The van der Waals surface area contributed by atoms with Crippen molar-refractivity contribution in [2.75, 3.05) is 31.6 Å². The number of nitrogens with one attached hydrogen (secondary N) is 2. The van der Waals surface area contributed by atoms with Crippen LogP contribution in [0.1, 0.15) is 31.2 Å². The van der Waals surface area contributed by atoms with Crippen molar-refractivity contribution in [3.05, 3.63) is 64.3 Å². The van der Waals surface area contributed by atoms with Crippen molar-refractivity contribution in [3.63, 3.8) is 0 Å². The zero-order valence-corrected chi connectivity index (χ0v) is 19.6. The van der Waals surface area contributed by atoms with Crippen LogP contribution in [0.3, 0.4) is 0 Å². The number of imide groups is 1. The molecule has 11 nitrogen and oxygen atoms in total. The van der Waals surface area contributed by atoms with Crippen LogP contribution in [-0.2, 0) is 17.9 Å². The Morgan fingerprint density at radius 2 is 1.97 bits per heavy atom. The summed E-state index contributed by atoms with van der Waals surface area (Å²) in [5.74, 6) is -0.215. The molecule has 0 saturated heterocycles. The number of pyridine rings is 2. The number of methoxy groups -OCH3 is 1. The van der Waals surface area contributed by atoms with Crippen LogP contribution in [0.25, 0.3) is 0 Å². The molecular formula is C22H24N6O5S. The topological polar surface area (TPSA) is 137 Å². The van der Waals surface area contributed by atoms with Crippen LogP contribution in [0.5, 0.6) is 5.88 Å². The molecular weight excluding hydrogens is 460 g/mol. The highest BCUT2D eigenvalue weighted by Crippen LogP contribution is 2.31. The summed E-state index contributed by atoms with van der Waals surface area (Å²) in [5.41, 5.74) is 3.55. The van der Waals surface area contributed by atoms with Gasteiger partial charge >= 0.3 is 0 Å². The molecule has 34 heavy (non-hydrogen) atoms. The number of nitrogens with zero attached hydrogens (tertiary/aromatic N) is 4. The van der Waals surface area contributed by atoms with Crippen LogP contribution < -0.4 is 20.4 Å². The number of amides is 3. The van der Waals surface area contributed by atoms with Crippen molar-refractivity contribution in [3.8, 4) is 5.88 Å². The molecule has 178 valence electrons. The molecule has 3 amide bonds. The van der Waals surface area contributed by atoms with E-state index in [4.69, 9.17) is 9.94 Å². The lowest BCUT2D eigenvalue weighted by Gasteiger charge is -2.18. The summed E-state index contributed by atoms with van der Waals surface area (Å²) in [7, 11) is 5.02. The normalized spacial score (nSPS) is 10.4. The summed E-state index contributed by atoms with van der Waals surface area (Å²) in [6.07, 6.45) is 3.47. The first-order chi connectivity index (χ1) is 16.4. The van der Waals surface area contributed by atoms with Gasteiger partial charge in [0, 0.05) is 39.1 Å². The number of anilines is 2. The summed E-state index contributed by atoms with van der Waals surface area (Å²) in [5, 5.41) is 12.2. The van der Waals surface area contributed by atoms with Crippen LogP contribution in [0, 0.1) is 0 Å². The highest BCUT2D eigenvalue weighted by Gasteiger charge is 2.25. The second-order valence-corrected chi connectivity index (χ2v) is 8.35. The van der Waals surface area contributed by atoms with Crippen molar-refractivity contribution in [2.45, 2.75) is 13.1 Å². The largest absolute Gasteiger partial charge is 0.481 e. The van der Waals surface area contributed by atoms with E-state index < -0.39 is 5.91 Å². The average Bonchev–Trinajstić information content (AvgIpc) is 3.32. The predicted molar refractivity (Wildman–Crippen MR) is 126 cm³/mol. The average molecular weight is 485 g/mol. The summed E-state index contributed by atoms with van der Waals surface area (Å²) in [6.45, 7) is 0.234. The molecule has 0 aliphatic rings. The number of aromatic nitrogens is 2. The van der Waals surface area contributed by atoms with Crippen molar-refractivity contribution in [1.29, 1.82) is 0 Å². The Kier molecular flexibility index (Phi) is 8.11. The molecule has 3 aromatic heterocycles. The number of rotatable bonds is 10. The molecule has 3 aromatic rings. The number of hydrogen-bond acceptors (Lipinski definition) is 10. The molecule has 0 aliphatic carbocycles. The standard InChI is InChI=1S/C22H24N6O5S/c1-27(2)22-16(21(31)28(13-29)12-15-4-5-18(26-32)24-11-15)9-17(34-22)20(30)25-10-14-6-7-23-19(8-14)33-3/h4-9,11,13,32H,10,12H2,1-3H3,(H,24,26)(H,25,30). The fourth-order valence-electron chi connectivity index (χ4n) is 3.01. The lowest BCUT2D eigenvalue weighted by atomic mass is 10.2. The van der Waals surface area contributed by atoms with Crippen LogP contribution in [0.15, 0.2) is 42.7 Å². The van der Waals surface area contributed by atoms with Gasteiger partial charge in [0.2, 0.25) is 12.3 Å². The molecule has 0 aromatic carbocycles. The number of hydrogen-bond donors (Lipinski definition) is 3. The minimum absolute atomic E-state index is 0.0187. The predicted octanol–water partition coefficient (Wildman–Crippen LogP) is 2.14. The summed E-state index contributed by atoms with van der Waals surface area (Å²) in [6, 6.07) is 8.10. The SMILES string of the molecule is COc1cc(CNC(=O)c2cc(C(=O)N(C=O)Cc3ccc(NO)nc3)c(N(C)C)s2)ccn1. The molecule has 0 aliphatic heterocycles. The van der Waals surface area contributed by atoms with Crippen LogP contribution in [0.4, 0.5) is 10.8 Å². The maximum Gasteiger partial charge on any atom is 0.263 e. The van der Waals surface area contributed by atoms with Gasteiger partial charge in [0.1, 0.15) is 10.8 Å². The second kappa shape index (κ2) is 11.2. The Bertz CT molecular complexity index is 1160. The van der Waals surface area contributed by atoms with Gasteiger partial charge in [-0.25, -0.2) is 9.97 Å². The zero-order chi connectivity index (χ0) is 24.7. The summed E-state index contributed by atoms with van der Waals surface area (Å²) < 4.78 is 5.09. The first-order valence-electron chi connectivity index (χ1n) is 10.1. The Labute approximate surface area is 200 Å². The van der Waals surface area contributed by atoms with E-state index in [2.05, 4.69) is 15.3 Å². The van der Waals surface area contributed by atoms with E-state index in [1.807, 2.05) is 5.48 Å². The zero-order valence-electron chi connectivity index (χ0n) is 18.8. The maximum atomic E-state index is 13.2. The number of carbonyl (C=O) groups excluding carboxylic acids is 3. The minimum atomic E-state index is -0.544. The van der Waals surface area contributed by atoms with E-state index in [0.717, 1.165) is 21.8 Å². The monoisotopic (exact) mass is 484 g/mol.